The number of carbonyl (C=O) groups excluding carboxylic acids is 3. The number of anilines is 1. The van der Waals surface area contributed by atoms with E-state index >= 15 is 0 Å². The third-order valence-electron chi connectivity index (χ3n) is 6.03. The molecule has 7 heteroatoms. The van der Waals surface area contributed by atoms with Gasteiger partial charge in [0.15, 0.2) is 0 Å². The zero-order chi connectivity index (χ0) is 21.6. The number of rotatable bonds is 9. The fourth-order valence-corrected chi connectivity index (χ4v) is 5.07. The summed E-state index contributed by atoms with van der Waals surface area (Å²) >= 11 is 1.49. The highest BCUT2D eigenvalue weighted by Gasteiger charge is 2.35. The molecule has 0 unspecified atom stereocenters. The Morgan fingerprint density at radius 2 is 1.93 bits per heavy atom. The summed E-state index contributed by atoms with van der Waals surface area (Å²) in [6.07, 6.45) is 4.69. The molecule has 0 saturated carbocycles. The number of amides is 1. The summed E-state index contributed by atoms with van der Waals surface area (Å²) in [5.41, 5.74) is 1.78. The van der Waals surface area contributed by atoms with Crippen molar-refractivity contribution in [2.45, 2.75) is 72.6 Å². The Morgan fingerprint density at radius 1 is 1.21 bits per heavy atom. The first kappa shape index (κ1) is 23.4. The maximum Gasteiger partial charge on any atom is 0.341 e. The number of fused-ring (bicyclic) bond motifs is 1. The van der Waals surface area contributed by atoms with Crippen molar-refractivity contribution in [3.05, 3.63) is 16.0 Å². The number of nitrogens with one attached hydrogen (secondary N) is 1. The van der Waals surface area contributed by atoms with Gasteiger partial charge in [0.05, 0.1) is 19.3 Å². The summed E-state index contributed by atoms with van der Waals surface area (Å²) in [5, 5.41) is 3.47. The SMILES string of the molecule is CCOC(=O)c1c(NC(=O)CCCC(=O)OC)sc2c1CC[C@H](C(C)(C)CC)C2. The van der Waals surface area contributed by atoms with Gasteiger partial charge in [-0.3, -0.25) is 9.59 Å². The molecule has 162 valence electrons. The fraction of sp³-hybridized carbons (Fsp3) is 0.682. The summed E-state index contributed by atoms with van der Waals surface area (Å²) in [6, 6.07) is 0. The van der Waals surface area contributed by atoms with E-state index in [1.807, 2.05) is 0 Å². The number of hydrogen-bond donors (Lipinski definition) is 1. The predicted molar refractivity (Wildman–Crippen MR) is 114 cm³/mol. The van der Waals surface area contributed by atoms with E-state index in [-0.39, 0.29) is 36.1 Å². The fourth-order valence-electron chi connectivity index (χ4n) is 3.73. The number of hydrogen-bond acceptors (Lipinski definition) is 6. The second kappa shape index (κ2) is 10.2. The van der Waals surface area contributed by atoms with E-state index in [9.17, 15) is 14.4 Å². The normalized spacial score (nSPS) is 16.1. The monoisotopic (exact) mass is 423 g/mol. The van der Waals surface area contributed by atoms with Crippen molar-refractivity contribution in [2.24, 2.45) is 11.3 Å². The predicted octanol–water partition coefficient (Wildman–Crippen LogP) is 4.75. The molecule has 2 rings (SSSR count). The van der Waals surface area contributed by atoms with Crippen LogP contribution in [0.2, 0.25) is 0 Å². The van der Waals surface area contributed by atoms with Crippen LogP contribution in [0.25, 0.3) is 0 Å². The molecule has 0 radical (unpaired) electrons. The summed E-state index contributed by atoms with van der Waals surface area (Å²) < 4.78 is 9.87. The molecule has 0 aromatic carbocycles. The molecule has 0 bridgehead atoms. The lowest BCUT2D eigenvalue weighted by molar-refractivity contribution is -0.140. The van der Waals surface area contributed by atoms with Crippen LogP contribution in [0.15, 0.2) is 0 Å². The van der Waals surface area contributed by atoms with Crippen molar-refractivity contribution >= 4 is 34.2 Å². The Hall–Kier alpha value is -1.89. The zero-order valence-electron chi connectivity index (χ0n) is 18.2. The van der Waals surface area contributed by atoms with Crippen LogP contribution in [0.4, 0.5) is 5.00 Å². The van der Waals surface area contributed by atoms with Gasteiger partial charge in [0.1, 0.15) is 5.00 Å². The standard InChI is InChI=1S/C22H33NO5S/c1-6-22(3,4)14-11-12-15-16(13-14)29-20(19(15)21(26)28-7-2)23-17(24)9-8-10-18(25)27-5/h14H,6-13H2,1-5H3,(H,23,24)/t14-/m0/s1. The van der Waals surface area contributed by atoms with Crippen molar-refractivity contribution in [3.8, 4) is 0 Å². The first-order valence-electron chi connectivity index (χ1n) is 10.4. The topological polar surface area (TPSA) is 81.7 Å². The van der Waals surface area contributed by atoms with Crippen LogP contribution in [0.3, 0.4) is 0 Å². The second-order valence-corrected chi connectivity index (χ2v) is 9.29. The molecule has 0 aliphatic heterocycles. The first-order chi connectivity index (χ1) is 13.7. The molecule has 29 heavy (non-hydrogen) atoms. The van der Waals surface area contributed by atoms with Crippen LogP contribution in [0.1, 0.15) is 80.6 Å². The van der Waals surface area contributed by atoms with Gasteiger partial charge in [-0.2, -0.15) is 0 Å². The summed E-state index contributed by atoms with van der Waals surface area (Å²) in [6.45, 7) is 8.88. The van der Waals surface area contributed by atoms with E-state index in [4.69, 9.17) is 4.74 Å². The summed E-state index contributed by atoms with van der Waals surface area (Å²) in [5.74, 6) is -0.356. The average molecular weight is 424 g/mol. The maximum absolute atomic E-state index is 12.6. The minimum absolute atomic E-state index is 0.198. The van der Waals surface area contributed by atoms with E-state index in [2.05, 4.69) is 30.8 Å². The van der Waals surface area contributed by atoms with Gasteiger partial charge in [0.2, 0.25) is 5.91 Å². The molecule has 1 amide bonds. The van der Waals surface area contributed by atoms with Crippen LogP contribution >= 0.6 is 11.3 Å². The number of carbonyl (C=O) groups is 3. The number of thiophene rings is 1. The molecule has 1 heterocycles. The Bertz CT molecular complexity index is 753. The molecule has 6 nitrogen and oxygen atoms in total. The molecule has 0 saturated heterocycles. The van der Waals surface area contributed by atoms with Gasteiger partial charge in [0, 0.05) is 17.7 Å². The molecule has 1 N–H and O–H groups in total. The highest BCUT2D eigenvalue weighted by molar-refractivity contribution is 7.17. The molecule has 1 aromatic heterocycles. The highest BCUT2D eigenvalue weighted by Crippen LogP contribution is 2.45. The minimum Gasteiger partial charge on any atom is -0.469 e. The van der Waals surface area contributed by atoms with Crippen LogP contribution in [0.5, 0.6) is 0 Å². The minimum atomic E-state index is -0.372. The molecule has 1 aliphatic rings. The first-order valence-corrected chi connectivity index (χ1v) is 11.2. The summed E-state index contributed by atoms with van der Waals surface area (Å²) in [7, 11) is 1.33. The molecule has 1 atom stereocenters. The largest absolute Gasteiger partial charge is 0.469 e. The van der Waals surface area contributed by atoms with E-state index < -0.39 is 0 Å². The van der Waals surface area contributed by atoms with Crippen LogP contribution < -0.4 is 5.32 Å². The van der Waals surface area contributed by atoms with Crippen molar-refractivity contribution < 1.29 is 23.9 Å². The van der Waals surface area contributed by atoms with E-state index in [1.54, 1.807) is 6.92 Å². The van der Waals surface area contributed by atoms with E-state index in [0.29, 0.717) is 29.5 Å². The van der Waals surface area contributed by atoms with E-state index in [0.717, 1.165) is 31.2 Å². The zero-order valence-corrected chi connectivity index (χ0v) is 19.0. The van der Waals surface area contributed by atoms with Gasteiger partial charge < -0.3 is 14.8 Å². The van der Waals surface area contributed by atoms with Gasteiger partial charge in [-0.05, 0) is 49.5 Å². The molecule has 1 aromatic rings. The van der Waals surface area contributed by atoms with Crippen LogP contribution in [-0.4, -0.2) is 31.6 Å². The average Bonchev–Trinajstić information content (AvgIpc) is 3.04. The van der Waals surface area contributed by atoms with E-state index in [1.165, 1.54) is 23.3 Å². The van der Waals surface area contributed by atoms with Crippen molar-refractivity contribution in [2.75, 3.05) is 19.0 Å². The summed E-state index contributed by atoms with van der Waals surface area (Å²) in [4.78, 5) is 37.4. The highest BCUT2D eigenvalue weighted by atomic mass is 32.1. The van der Waals surface area contributed by atoms with Crippen LogP contribution in [-0.2, 0) is 31.9 Å². The molecular weight excluding hydrogens is 390 g/mol. The van der Waals surface area contributed by atoms with Gasteiger partial charge in [-0.25, -0.2) is 4.79 Å². The molecular formula is C22H33NO5S. The quantitative estimate of drug-likeness (QED) is 0.580. The number of ether oxygens (including phenoxy) is 2. The Balaban J connectivity index is 2.20. The van der Waals surface area contributed by atoms with Crippen molar-refractivity contribution in [1.29, 1.82) is 0 Å². The van der Waals surface area contributed by atoms with Crippen LogP contribution in [0, 0.1) is 11.3 Å². The Morgan fingerprint density at radius 3 is 2.55 bits per heavy atom. The number of esters is 2. The van der Waals surface area contributed by atoms with Gasteiger partial charge in [0.25, 0.3) is 0 Å². The lowest BCUT2D eigenvalue weighted by atomic mass is 9.69. The van der Waals surface area contributed by atoms with Crippen molar-refractivity contribution in [3.63, 3.8) is 0 Å². The maximum atomic E-state index is 12.6. The van der Waals surface area contributed by atoms with Gasteiger partial charge in [-0.1, -0.05) is 27.2 Å². The Labute approximate surface area is 177 Å². The lowest BCUT2D eigenvalue weighted by Crippen LogP contribution is -2.28. The third-order valence-corrected chi connectivity index (χ3v) is 7.20. The third kappa shape index (κ3) is 5.81. The Kier molecular flexibility index (Phi) is 8.25. The molecule has 0 spiro atoms. The lowest BCUT2D eigenvalue weighted by Gasteiger charge is -2.36. The number of methoxy groups -OCH3 is 1. The van der Waals surface area contributed by atoms with Crippen molar-refractivity contribution in [1.82, 2.24) is 0 Å². The second-order valence-electron chi connectivity index (χ2n) is 8.19. The molecule has 1 aliphatic carbocycles. The smallest absolute Gasteiger partial charge is 0.341 e. The van der Waals surface area contributed by atoms with Gasteiger partial charge in [-0.15, -0.1) is 11.3 Å². The molecule has 0 fully saturated rings. The van der Waals surface area contributed by atoms with Gasteiger partial charge >= 0.3 is 11.9 Å².